The maximum Gasteiger partial charge on any atom is 0.0692 e. The van der Waals surface area contributed by atoms with Gasteiger partial charge in [-0.1, -0.05) is 33.6 Å². The fourth-order valence-electron chi connectivity index (χ4n) is 2.84. The average Bonchev–Trinajstić information content (AvgIpc) is 2.38. The summed E-state index contributed by atoms with van der Waals surface area (Å²) in [6, 6.07) is 0.493. The van der Waals surface area contributed by atoms with Gasteiger partial charge in [-0.25, -0.2) is 0 Å². The zero-order valence-electron chi connectivity index (χ0n) is 12.5. The first kappa shape index (κ1) is 15.9. The van der Waals surface area contributed by atoms with Gasteiger partial charge in [-0.2, -0.15) is 0 Å². The fourth-order valence-corrected chi connectivity index (χ4v) is 2.84. The Bertz CT molecular complexity index is 231. The van der Waals surface area contributed by atoms with Gasteiger partial charge in [-0.15, -0.1) is 0 Å². The van der Waals surface area contributed by atoms with Gasteiger partial charge in [0.1, 0.15) is 0 Å². The Balaban J connectivity index is 2.34. The lowest BCUT2D eigenvalue weighted by molar-refractivity contribution is -0.0792. The lowest BCUT2D eigenvalue weighted by Gasteiger charge is -2.38. The van der Waals surface area contributed by atoms with Gasteiger partial charge in [0.05, 0.1) is 11.7 Å². The summed E-state index contributed by atoms with van der Waals surface area (Å²) in [5.74, 6) is 0.426. The van der Waals surface area contributed by atoms with E-state index in [9.17, 15) is 5.11 Å². The molecule has 1 heterocycles. The highest BCUT2D eigenvalue weighted by Crippen LogP contribution is 2.27. The second-order valence-corrected chi connectivity index (χ2v) is 5.89. The van der Waals surface area contributed by atoms with Crippen molar-refractivity contribution < 1.29 is 9.84 Å². The summed E-state index contributed by atoms with van der Waals surface area (Å²) in [7, 11) is 0. The van der Waals surface area contributed by atoms with Gasteiger partial charge in [-0.05, 0) is 32.1 Å². The molecule has 108 valence electrons. The molecule has 0 saturated carbocycles. The molecule has 1 aliphatic rings. The van der Waals surface area contributed by atoms with Crippen molar-refractivity contribution in [2.75, 3.05) is 13.2 Å². The van der Waals surface area contributed by atoms with Crippen molar-refractivity contribution >= 4 is 0 Å². The van der Waals surface area contributed by atoms with Crippen molar-refractivity contribution in [1.82, 2.24) is 5.32 Å². The highest BCUT2D eigenvalue weighted by atomic mass is 16.5. The van der Waals surface area contributed by atoms with Crippen LogP contribution in [0.25, 0.3) is 0 Å². The predicted molar refractivity (Wildman–Crippen MR) is 75.8 cm³/mol. The molecule has 0 aromatic heterocycles. The van der Waals surface area contributed by atoms with Crippen LogP contribution < -0.4 is 5.32 Å². The molecule has 0 radical (unpaired) electrons. The highest BCUT2D eigenvalue weighted by molar-refractivity contribution is 4.86. The van der Waals surface area contributed by atoms with Crippen LogP contribution in [-0.2, 0) is 4.74 Å². The van der Waals surface area contributed by atoms with Crippen LogP contribution >= 0.6 is 0 Å². The number of hydrogen-bond acceptors (Lipinski definition) is 3. The highest BCUT2D eigenvalue weighted by Gasteiger charge is 2.31. The predicted octanol–water partition coefficient (Wildman–Crippen LogP) is 2.72. The molecule has 3 heteroatoms. The minimum atomic E-state index is -0.212. The number of hydrogen-bond donors (Lipinski definition) is 2. The number of ether oxygens (including phenoxy) is 1. The molecular formula is C15H31NO2. The van der Waals surface area contributed by atoms with Crippen molar-refractivity contribution in [3.8, 4) is 0 Å². The Hall–Kier alpha value is -0.120. The quantitative estimate of drug-likeness (QED) is 0.737. The van der Waals surface area contributed by atoms with Crippen LogP contribution in [0.1, 0.15) is 59.8 Å². The second-order valence-electron chi connectivity index (χ2n) is 5.89. The van der Waals surface area contributed by atoms with Crippen LogP contribution in [0, 0.1) is 5.92 Å². The molecule has 3 nitrogen and oxygen atoms in total. The average molecular weight is 257 g/mol. The summed E-state index contributed by atoms with van der Waals surface area (Å²) in [6.45, 7) is 10.2. The molecule has 1 fully saturated rings. The Morgan fingerprint density at radius 2 is 2.00 bits per heavy atom. The molecule has 3 unspecified atom stereocenters. The Morgan fingerprint density at radius 3 is 2.56 bits per heavy atom. The summed E-state index contributed by atoms with van der Waals surface area (Å²) in [4.78, 5) is 0. The van der Waals surface area contributed by atoms with E-state index in [2.05, 4.69) is 33.0 Å². The van der Waals surface area contributed by atoms with Crippen LogP contribution in [0.2, 0.25) is 0 Å². The fraction of sp³-hybridized carbons (Fsp3) is 1.00. The molecule has 0 spiro atoms. The maximum absolute atomic E-state index is 10.1. The van der Waals surface area contributed by atoms with Gasteiger partial charge in [0.2, 0.25) is 0 Å². The Morgan fingerprint density at radius 1 is 1.33 bits per heavy atom. The summed E-state index contributed by atoms with van der Waals surface area (Å²) in [6.07, 6.45) is 5.07. The van der Waals surface area contributed by atoms with Gasteiger partial charge in [0, 0.05) is 19.2 Å². The van der Waals surface area contributed by atoms with Crippen LogP contribution in [0.15, 0.2) is 0 Å². The molecule has 0 aromatic carbocycles. The molecule has 1 saturated heterocycles. The smallest absolute Gasteiger partial charge is 0.0692 e. The van der Waals surface area contributed by atoms with E-state index in [-0.39, 0.29) is 11.7 Å². The van der Waals surface area contributed by atoms with Gasteiger partial charge in [-0.3, -0.25) is 0 Å². The van der Waals surface area contributed by atoms with E-state index in [1.165, 1.54) is 0 Å². The Kier molecular flexibility index (Phi) is 6.61. The van der Waals surface area contributed by atoms with Gasteiger partial charge < -0.3 is 15.2 Å². The lowest BCUT2D eigenvalue weighted by atomic mass is 9.89. The topological polar surface area (TPSA) is 41.5 Å². The van der Waals surface area contributed by atoms with Gasteiger partial charge in [0.25, 0.3) is 0 Å². The number of aliphatic hydroxyl groups is 1. The van der Waals surface area contributed by atoms with Crippen molar-refractivity contribution in [2.45, 2.75) is 77.5 Å². The molecule has 2 N–H and O–H groups in total. The van der Waals surface area contributed by atoms with E-state index < -0.39 is 0 Å². The number of aliphatic hydroxyl groups excluding tert-OH is 1. The molecule has 0 aliphatic carbocycles. The molecule has 1 aliphatic heterocycles. The SMILES string of the molecule is CCC(CC)C(O)CNC1CCOC(C)(CC)C1. The molecular weight excluding hydrogens is 226 g/mol. The molecule has 1 rings (SSSR count). The molecule has 3 atom stereocenters. The zero-order valence-corrected chi connectivity index (χ0v) is 12.5. The molecule has 18 heavy (non-hydrogen) atoms. The first-order valence-corrected chi connectivity index (χ1v) is 7.60. The first-order chi connectivity index (χ1) is 8.54. The van der Waals surface area contributed by atoms with E-state index in [1.807, 2.05) is 0 Å². The minimum absolute atomic E-state index is 0.0236. The summed E-state index contributed by atoms with van der Waals surface area (Å²) in [5, 5.41) is 13.7. The summed E-state index contributed by atoms with van der Waals surface area (Å²) >= 11 is 0. The largest absolute Gasteiger partial charge is 0.392 e. The van der Waals surface area contributed by atoms with Crippen LogP contribution in [0.4, 0.5) is 0 Å². The first-order valence-electron chi connectivity index (χ1n) is 7.60. The maximum atomic E-state index is 10.1. The van der Waals surface area contributed by atoms with E-state index in [1.54, 1.807) is 0 Å². The van der Waals surface area contributed by atoms with Crippen molar-refractivity contribution in [2.24, 2.45) is 5.92 Å². The van der Waals surface area contributed by atoms with Gasteiger partial charge in [0.15, 0.2) is 0 Å². The third kappa shape index (κ3) is 4.52. The van der Waals surface area contributed by atoms with Gasteiger partial charge >= 0.3 is 0 Å². The van der Waals surface area contributed by atoms with E-state index in [0.29, 0.717) is 12.0 Å². The van der Waals surface area contributed by atoms with Crippen LogP contribution in [0.3, 0.4) is 0 Å². The zero-order chi connectivity index (χ0) is 13.6. The van der Waals surface area contributed by atoms with E-state index in [0.717, 1.165) is 45.3 Å². The standard InChI is InChI=1S/C15H31NO2/c1-5-12(6-2)14(17)11-16-13-8-9-18-15(4,7-3)10-13/h12-14,16-17H,5-11H2,1-4H3. The second kappa shape index (κ2) is 7.46. The third-order valence-corrected chi connectivity index (χ3v) is 4.55. The normalized spacial score (nSPS) is 30.7. The Labute approximate surface area is 112 Å². The number of nitrogens with one attached hydrogen (secondary N) is 1. The minimum Gasteiger partial charge on any atom is -0.392 e. The van der Waals surface area contributed by atoms with Crippen molar-refractivity contribution in [3.05, 3.63) is 0 Å². The monoisotopic (exact) mass is 257 g/mol. The lowest BCUT2D eigenvalue weighted by Crippen LogP contribution is -2.47. The summed E-state index contributed by atoms with van der Waals surface area (Å²) in [5.41, 5.74) is 0.0236. The van der Waals surface area contributed by atoms with Crippen LogP contribution in [0.5, 0.6) is 0 Å². The van der Waals surface area contributed by atoms with Crippen molar-refractivity contribution in [3.63, 3.8) is 0 Å². The van der Waals surface area contributed by atoms with E-state index >= 15 is 0 Å². The molecule has 0 bridgehead atoms. The van der Waals surface area contributed by atoms with Crippen molar-refractivity contribution in [1.29, 1.82) is 0 Å². The van der Waals surface area contributed by atoms with Crippen LogP contribution in [-0.4, -0.2) is 36.0 Å². The number of rotatable bonds is 7. The third-order valence-electron chi connectivity index (χ3n) is 4.55. The summed E-state index contributed by atoms with van der Waals surface area (Å²) < 4.78 is 5.84. The molecule has 0 aromatic rings. The molecule has 0 amide bonds. The van der Waals surface area contributed by atoms with E-state index in [4.69, 9.17) is 4.74 Å².